The lowest BCUT2D eigenvalue weighted by atomic mass is 10.1. The van der Waals surface area contributed by atoms with Gasteiger partial charge in [-0.15, -0.1) is 0 Å². The van der Waals surface area contributed by atoms with E-state index in [2.05, 4.69) is 4.98 Å². The maximum absolute atomic E-state index is 13.2. The largest absolute Gasteiger partial charge is 0.336 e. The van der Waals surface area contributed by atoms with Gasteiger partial charge < -0.3 is 0 Å². The fraction of sp³-hybridized carbons (Fsp3) is 0.0476. The molecule has 4 rings (SSSR count). The van der Waals surface area contributed by atoms with Crippen molar-refractivity contribution in [2.24, 2.45) is 0 Å². The Morgan fingerprint density at radius 3 is 2.34 bits per heavy atom. The van der Waals surface area contributed by atoms with Gasteiger partial charge in [0.1, 0.15) is 0 Å². The maximum Gasteiger partial charge on any atom is 0.336 e. The van der Waals surface area contributed by atoms with Gasteiger partial charge in [0.2, 0.25) is 0 Å². The summed E-state index contributed by atoms with van der Waals surface area (Å²) in [5.41, 5.74) is 2.70. The van der Waals surface area contributed by atoms with E-state index in [0.717, 1.165) is 10.1 Å². The molecular formula is C21H16N4O4. The Hall–Kier alpha value is -4.04. The molecule has 0 unspecified atom stereocenters. The number of hydrogen-bond donors (Lipinski definition) is 2. The average molecular weight is 388 g/mol. The highest BCUT2D eigenvalue weighted by Crippen LogP contribution is 2.13. The number of nitrogens with zero attached hydrogens (tertiary/aromatic N) is 3. The van der Waals surface area contributed by atoms with Gasteiger partial charge in [-0.3, -0.25) is 24.3 Å². The molecule has 2 aromatic carbocycles. The van der Waals surface area contributed by atoms with Crippen LogP contribution in [0.4, 0.5) is 0 Å². The number of hydrogen-bond acceptors (Lipinski definition) is 5. The Morgan fingerprint density at radius 2 is 1.66 bits per heavy atom. The van der Waals surface area contributed by atoms with E-state index < -0.39 is 17.2 Å². The molecule has 2 heterocycles. The smallest absolute Gasteiger partial charge is 0.288 e. The number of pyridine rings is 1. The van der Waals surface area contributed by atoms with E-state index in [1.54, 1.807) is 66.1 Å². The molecule has 0 spiro atoms. The van der Waals surface area contributed by atoms with E-state index in [1.807, 2.05) is 0 Å². The van der Waals surface area contributed by atoms with Crippen LogP contribution in [0.15, 0.2) is 82.6 Å². The van der Waals surface area contributed by atoms with Gasteiger partial charge in [-0.2, -0.15) is 0 Å². The molecule has 8 heteroatoms. The number of rotatable bonds is 4. The van der Waals surface area contributed by atoms with Crippen LogP contribution in [0.1, 0.15) is 15.9 Å². The second kappa shape index (κ2) is 7.53. The minimum Gasteiger partial charge on any atom is -0.288 e. The number of carbonyl (C=O) groups excluding carboxylic acids is 1. The van der Waals surface area contributed by atoms with Crippen LogP contribution in [0.2, 0.25) is 0 Å². The van der Waals surface area contributed by atoms with Crippen LogP contribution in [-0.4, -0.2) is 25.2 Å². The molecule has 2 N–H and O–H groups in total. The summed E-state index contributed by atoms with van der Waals surface area (Å²) in [5, 5.41) is 9.15. The SMILES string of the molecule is O=C(NO)c1ccc(Cn2c(=O)n(-c3ccncc3)c(=O)c3ccccc32)cc1. The third kappa shape index (κ3) is 3.32. The van der Waals surface area contributed by atoms with Crippen LogP contribution in [0.5, 0.6) is 0 Å². The van der Waals surface area contributed by atoms with Gasteiger partial charge in [-0.1, -0.05) is 24.3 Å². The van der Waals surface area contributed by atoms with Crippen molar-refractivity contribution in [3.05, 3.63) is 105 Å². The molecule has 0 aliphatic rings. The lowest BCUT2D eigenvalue weighted by Gasteiger charge is -2.14. The fourth-order valence-electron chi connectivity index (χ4n) is 3.20. The first-order valence-corrected chi connectivity index (χ1v) is 8.78. The molecule has 0 bridgehead atoms. The average Bonchev–Trinajstić information content (AvgIpc) is 2.77. The number of benzene rings is 2. The minimum atomic E-state index is -0.620. The van der Waals surface area contributed by atoms with Crippen LogP contribution < -0.4 is 16.7 Å². The molecule has 29 heavy (non-hydrogen) atoms. The quantitative estimate of drug-likeness (QED) is 0.409. The molecule has 0 saturated heterocycles. The first-order chi connectivity index (χ1) is 14.1. The zero-order valence-corrected chi connectivity index (χ0v) is 15.1. The number of fused-ring (bicyclic) bond motifs is 1. The van der Waals surface area contributed by atoms with Crippen molar-refractivity contribution >= 4 is 16.8 Å². The van der Waals surface area contributed by atoms with Crippen LogP contribution in [-0.2, 0) is 6.54 Å². The molecule has 4 aromatic rings. The van der Waals surface area contributed by atoms with Gasteiger partial charge in [-0.05, 0) is 42.0 Å². The van der Waals surface area contributed by atoms with E-state index in [-0.39, 0.29) is 12.1 Å². The van der Waals surface area contributed by atoms with Gasteiger partial charge >= 0.3 is 5.69 Å². The highest BCUT2D eigenvalue weighted by Gasteiger charge is 2.14. The molecule has 144 valence electrons. The summed E-state index contributed by atoms with van der Waals surface area (Å²) < 4.78 is 2.63. The maximum atomic E-state index is 13.2. The molecule has 2 aromatic heterocycles. The Labute approximate surface area is 164 Å². The van der Waals surface area contributed by atoms with Crippen LogP contribution >= 0.6 is 0 Å². The summed E-state index contributed by atoms with van der Waals surface area (Å²) in [6.07, 6.45) is 3.04. The summed E-state index contributed by atoms with van der Waals surface area (Å²) in [6.45, 7) is 0.200. The lowest BCUT2D eigenvalue weighted by molar-refractivity contribution is 0.0706. The number of amides is 1. The Balaban J connectivity index is 1.89. The second-order valence-electron chi connectivity index (χ2n) is 6.37. The van der Waals surface area contributed by atoms with Crippen molar-refractivity contribution in [1.29, 1.82) is 0 Å². The summed E-state index contributed by atoms with van der Waals surface area (Å²) in [7, 11) is 0. The van der Waals surface area contributed by atoms with E-state index in [0.29, 0.717) is 16.6 Å². The van der Waals surface area contributed by atoms with Crippen molar-refractivity contribution in [2.75, 3.05) is 0 Å². The van der Waals surface area contributed by atoms with Gasteiger partial charge in [0, 0.05) is 18.0 Å². The molecule has 0 saturated carbocycles. The van der Waals surface area contributed by atoms with E-state index >= 15 is 0 Å². The molecule has 0 atom stereocenters. The van der Waals surface area contributed by atoms with Crippen molar-refractivity contribution < 1.29 is 10.0 Å². The van der Waals surface area contributed by atoms with Gasteiger partial charge in [0.05, 0.1) is 23.1 Å². The standard InChI is InChI=1S/C21H16N4O4/c26-19(23-29)15-7-5-14(6-8-15)13-24-18-4-2-1-3-17(18)20(27)25(21(24)28)16-9-11-22-12-10-16/h1-12,29H,13H2,(H,23,26). The first-order valence-electron chi connectivity index (χ1n) is 8.78. The Kier molecular flexibility index (Phi) is 4.76. The lowest BCUT2D eigenvalue weighted by Crippen LogP contribution is -2.39. The summed E-state index contributed by atoms with van der Waals surface area (Å²) >= 11 is 0. The van der Waals surface area contributed by atoms with E-state index in [1.165, 1.54) is 17.0 Å². The van der Waals surface area contributed by atoms with Crippen LogP contribution in [0, 0.1) is 0 Å². The zero-order chi connectivity index (χ0) is 20.4. The molecule has 0 fully saturated rings. The molecule has 0 aliphatic heterocycles. The normalized spacial score (nSPS) is 10.8. The first kappa shape index (κ1) is 18.3. The summed E-state index contributed by atoms with van der Waals surface area (Å²) in [6, 6.07) is 16.6. The number of hydroxylamine groups is 1. The Bertz CT molecular complexity index is 1310. The minimum absolute atomic E-state index is 0.200. The third-order valence-corrected chi connectivity index (χ3v) is 4.63. The van der Waals surface area contributed by atoms with Gasteiger partial charge in [0.25, 0.3) is 11.5 Å². The number of para-hydroxylation sites is 1. The topological polar surface area (TPSA) is 106 Å². The predicted molar refractivity (Wildman–Crippen MR) is 106 cm³/mol. The molecule has 0 aliphatic carbocycles. The Morgan fingerprint density at radius 1 is 0.966 bits per heavy atom. The molecule has 0 radical (unpaired) electrons. The van der Waals surface area contributed by atoms with Crippen molar-refractivity contribution in [3.63, 3.8) is 0 Å². The van der Waals surface area contributed by atoms with Crippen molar-refractivity contribution in [3.8, 4) is 5.69 Å². The van der Waals surface area contributed by atoms with Gasteiger partial charge in [0.15, 0.2) is 0 Å². The summed E-state index contributed by atoms with van der Waals surface area (Å²) in [4.78, 5) is 41.6. The van der Waals surface area contributed by atoms with Crippen molar-refractivity contribution in [2.45, 2.75) is 6.54 Å². The van der Waals surface area contributed by atoms with E-state index in [9.17, 15) is 14.4 Å². The molecule has 8 nitrogen and oxygen atoms in total. The summed E-state index contributed by atoms with van der Waals surface area (Å²) in [5.74, 6) is -0.620. The second-order valence-corrected chi connectivity index (χ2v) is 6.37. The number of aromatic nitrogens is 3. The third-order valence-electron chi connectivity index (χ3n) is 4.63. The fourth-order valence-corrected chi connectivity index (χ4v) is 3.20. The monoisotopic (exact) mass is 388 g/mol. The van der Waals surface area contributed by atoms with Gasteiger partial charge in [-0.25, -0.2) is 14.8 Å². The van der Waals surface area contributed by atoms with Crippen molar-refractivity contribution in [1.82, 2.24) is 19.6 Å². The highest BCUT2D eigenvalue weighted by atomic mass is 16.5. The molecular weight excluding hydrogens is 372 g/mol. The number of carbonyl (C=O) groups is 1. The van der Waals surface area contributed by atoms with Crippen LogP contribution in [0.3, 0.4) is 0 Å². The van der Waals surface area contributed by atoms with E-state index in [4.69, 9.17) is 5.21 Å². The van der Waals surface area contributed by atoms with Crippen LogP contribution in [0.25, 0.3) is 16.6 Å². The zero-order valence-electron chi connectivity index (χ0n) is 15.1. The highest BCUT2D eigenvalue weighted by molar-refractivity contribution is 5.93. The predicted octanol–water partition coefficient (Wildman–Crippen LogP) is 1.71. The molecule has 1 amide bonds. The number of nitrogens with one attached hydrogen (secondary N) is 1.